The van der Waals surface area contributed by atoms with Gasteiger partial charge in [-0.25, -0.2) is 4.79 Å². The lowest BCUT2D eigenvalue weighted by Gasteiger charge is -2.14. The van der Waals surface area contributed by atoms with Crippen LogP contribution in [0.4, 0.5) is 11.4 Å². The van der Waals surface area contributed by atoms with E-state index in [2.05, 4.69) is 23.7 Å². The highest BCUT2D eigenvalue weighted by Gasteiger charge is 2.18. The molecule has 0 radical (unpaired) electrons. The van der Waals surface area contributed by atoms with Crippen molar-refractivity contribution in [3.8, 4) is 51.7 Å². The molecule has 0 atom stereocenters. The SMILES string of the molecule is CCOC(=O)c1cc(-c2ccc(C#Cc3ccc([N+](=O)[O-])cc3)cc2)c(O)c(-c2ccc(C#Cc3ccc([N+](=O)[O-])cc3)cc2)c1. The molecular weight excluding hydrogens is 584 g/mol. The molecule has 0 amide bonds. The van der Waals surface area contributed by atoms with Gasteiger partial charge in [-0.05, 0) is 78.7 Å². The van der Waals surface area contributed by atoms with Gasteiger partial charge in [-0.3, -0.25) is 20.2 Å². The lowest BCUT2D eigenvalue weighted by atomic mass is 9.93. The Morgan fingerprint density at radius 3 is 1.26 bits per heavy atom. The molecule has 0 aromatic heterocycles. The van der Waals surface area contributed by atoms with E-state index in [0.717, 1.165) is 0 Å². The van der Waals surface area contributed by atoms with E-state index in [1.54, 1.807) is 91.9 Å². The van der Waals surface area contributed by atoms with Crippen LogP contribution in [0.1, 0.15) is 39.5 Å². The summed E-state index contributed by atoms with van der Waals surface area (Å²) in [5.41, 5.74) is 5.04. The normalized spacial score (nSPS) is 10.1. The van der Waals surface area contributed by atoms with E-state index in [1.165, 1.54) is 24.3 Å². The van der Waals surface area contributed by atoms with E-state index >= 15 is 0 Å². The molecule has 224 valence electrons. The van der Waals surface area contributed by atoms with Crippen molar-refractivity contribution in [1.82, 2.24) is 0 Å². The number of hydrogen-bond donors (Lipinski definition) is 1. The summed E-state index contributed by atoms with van der Waals surface area (Å²) < 4.78 is 5.24. The molecule has 5 aromatic carbocycles. The summed E-state index contributed by atoms with van der Waals surface area (Å²) in [5.74, 6) is 11.5. The van der Waals surface area contributed by atoms with Crippen LogP contribution in [-0.4, -0.2) is 27.5 Å². The van der Waals surface area contributed by atoms with Gasteiger partial charge in [0.2, 0.25) is 0 Å². The molecule has 46 heavy (non-hydrogen) atoms. The molecule has 0 aliphatic heterocycles. The van der Waals surface area contributed by atoms with Crippen molar-refractivity contribution in [1.29, 1.82) is 0 Å². The number of nitrogens with zero attached hydrogens (tertiary/aromatic N) is 2. The number of nitro benzene ring substituents is 2. The fraction of sp³-hybridized carbons (Fsp3) is 0.0541. The summed E-state index contributed by atoms with van der Waals surface area (Å²) in [7, 11) is 0. The van der Waals surface area contributed by atoms with Crippen LogP contribution in [-0.2, 0) is 4.74 Å². The zero-order valence-corrected chi connectivity index (χ0v) is 24.4. The van der Waals surface area contributed by atoms with Crippen LogP contribution in [0.25, 0.3) is 22.3 Å². The topological polar surface area (TPSA) is 133 Å². The van der Waals surface area contributed by atoms with E-state index in [4.69, 9.17) is 4.74 Å². The zero-order valence-electron chi connectivity index (χ0n) is 24.4. The smallest absolute Gasteiger partial charge is 0.338 e. The molecule has 0 unspecified atom stereocenters. The number of benzene rings is 5. The van der Waals surface area contributed by atoms with Gasteiger partial charge in [0.05, 0.1) is 22.0 Å². The summed E-state index contributed by atoms with van der Waals surface area (Å²) in [6.07, 6.45) is 0. The van der Waals surface area contributed by atoms with Gasteiger partial charge in [-0.2, -0.15) is 0 Å². The first-order valence-electron chi connectivity index (χ1n) is 14.0. The fourth-order valence-corrected chi connectivity index (χ4v) is 4.49. The first kappa shape index (κ1) is 30.7. The summed E-state index contributed by atoms with van der Waals surface area (Å²) in [5, 5.41) is 33.1. The van der Waals surface area contributed by atoms with Gasteiger partial charge in [-0.15, -0.1) is 0 Å². The van der Waals surface area contributed by atoms with Crippen molar-refractivity contribution in [3.63, 3.8) is 0 Å². The minimum atomic E-state index is -0.527. The van der Waals surface area contributed by atoms with Crippen LogP contribution >= 0.6 is 0 Å². The van der Waals surface area contributed by atoms with Gasteiger partial charge < -0.3 is 9.84 Å². The van der Waals surface area contributed by atoms with Crippen molar-refractivity contribution < 1.29 is 24.5 Å². The van der Waals surface area contributed by atoms with Crippen molar-refractivity contribution in [2.75, 3.05) is 6.61 Å². The van der Waals surface area contributed by atoms with Gasteiger partial charge >= 0.3 is 5.97 Å². The van der Waals surface area contributed by atoms with Crippen LogP contribution in [0.2, 0.25) is 0 Å². The van der Waals surface area contributed by atoms with Crippen LogP contribution in [0.15, 0.2) is 109 Å². The number of hydrogen-bond acceptors (Lipinski definition) is 7. The maximum absolute atomic E-state index is 12.8. The highest BCUT2D eigenvalue weighted by atomic mass is 16.6. The van der Waals surface area contributed by atoms with Gasteiger partial charge in [-0.1, -0.05) is 47.9 Å². The molecule has 9 nitrogen and oxygen atoms in total. The average Bonchev–Trinajstić information content (AvgIpc) is 3.07. The summed E-state index contributed by atoms with van der Waals surface area (Å²) in [4.78, 5) is 33.6. The first-order valence-corrected chi connectivity index (χ1v) is 14.0. The summed E-state index contributed by atoms with van der Waals surface area (Å²) in [6, 6.07) is 29.3. The number of nitro groups is 2. The molecule has 9 heteroatoms. The number of rotatable bonds is 6. The van der Waals surface area contributed by atoms with Crippen LogP contribution < -0.4 is 0 Å². The molecule has 0 saturated heterocycles. The Morgan fingerprint density at radius 1 is 0.630 bits per heavy atom. The number of esters is 1. The Bertz CT molecular complexity index is 1920. The Morgan fingerprint density at radius 2 is 0.957 bits per heavy atom. The number of non-ortho nitro benzene ring substituents is 2. The summed E-state index contributed by atoms with van der Waals surface area (Å²) in [6.45, 7) is 1.90. The molecule has 0 spiro atoms. The maximum atomic E-state index is 12.8. The van der Waals surface area contributed by atoms with Crippen molar-refractivity contribution in [3.05, 3.63) is 157 Å². The molecule has 1 N–H and O–H groups in total. The third-order valence-corrected chi connectivity index (χ3v) is 6.87. The molecule has 5 rings (SSSR count). The Balaban J connectivity index is 1.43. The second kappa shape index (κ2) is 13.7. The third kappa shape index (κ3) is 7.25. The third-order valence-electron chi connectivity index (χ3n) is 6.87. The van der Waals surface area contributed by atoms with Gasteiger partial charge in [0.25, 0.3) is 11.4 Å². The van der Waals surface area contributed by atoms with Crippen molar-refractivity contribution >= 4 is 17.3 Å². The minimum absolute atomic E-state index is 0.0107. The van der Waals surface area contributed by atoms with E-state index in [1.807, 2.05) is 0 Å². The lowest BCUT2D eigenvalue weighted by molar-refractivity contribution is -0.385. The average molecular weight is 609 g/mol. The molecule has 0 aliphatic carbocycles. The zero-order chi connectivity index (χ0) is 32.6. The van der Waals surface area contributed by atoms with Gasteiger partial charge in [0.15, 0.2) is 0 Å². The number of carbonyl (C=O) groups is 1. The van der Waals surface area contributed by atoms with Crippen LogP contribution in [0.3, 0.4) is 0 Å². The second-order valence-electron chi connectivity index (χ2n) is 9.90. The van der Waals surface area contributed by atoms with Crippen LogP contribution in [0.5, 0.6) is 5.75 Å². The predicted molar refractivity (Wildman–Crippen MR) is 173 cm³/mol. The number of phenolic OH excluding ortho intramolecular Hbond substituents is 1. The number of phenols is 1. The molecule has 5 aromatic rings. The largest absolute Gasteiger partial charge is 0.507 e. The number of ether oxygens (including phenoxy) is 1. The van der Waals surface area contributed by atoms with E-state index < -0.39 is 15.8 Å². The highest BCUT2D eigenvalue weighted by Crippen LogP contribution is 2.39. The Labute approximate surface area is 264 Å². The Hall–Kier alpha value is -6.71. The fourth-order valence-electron chi connectivity index (χ4n) is 4.49. The first-order chi connectivity index (χ1) is 22.2. The molecule has 0 saturated carbocycles. The maximum Gasteiger partial charge on any atom is 0.338 e. The van der Waals surface area contributed by atoms with E-state index in [0.29, 0.717) is 44.5 Å². The minimum Gasteiger partial charge on any atom is -0.507 e. The standard InChI is InChI=1S/C37H24N2O7/c1-2-46-37(41)31-23-34(29-15-7-25(8-16-29)3-5-27-11-19-32(20-12-27)38(42)43)36(40)35(24-31)30-17-9-26(10-18-30)4-6-28-13-21-33(22-14-28)39(44)45/h7-24,40H,2H2,1H3. The number of aromatic hydroxyl groups is 1. The van der Waals surface area contributed by atoms with Crippen LogP contribution in [0, 0.1) is 43.9 Å². The quantitative estimate of drug-likeness (QED) is 0.0912. The predicted octanol–water partition coefficient (Wildman–Crippen LogP) is 7.52. The molecule has 0 heterocycles. The van der Waals surface area contributed by atoms with Gasteiger partial charge in [0, 0.05) is 57.6 Å². The van der Waals surface area contributed by atoms with E-state index in [9.17, 15) is 30.1 Å². The number of carbonyl (C=O) groups excluding carboxylic acids is 1. The Kier molecular flexibility index (Phi) is 9.17. The molecule has 0 fully saturated rings. The lowest BCUT2D eigenvalue weighted by Crippen LogP contribution is -2.05. The van der Waals surface area contributed by atoms with Crippen molar-refractivity contribution in [2.45, 2.75) is 6.92 Å². The summed E-state index contributed by atoms with van der Waals surface area (Å²) >= 11 is 0. The van der Waals surface area contributed by atoms with Crippen molar-refractivity contribution in [2.24, 2.45) is 0 Å². The second-order valence-corrected chi connectivity index (χ2v) is 9.90. The molecule has 0 aliphatic rings. The highest BCUT2D eigenvalue weighted by molar-refractivity contribution is 5.96. The molecular formula is C37H24N2O7. The monoisotopic (exact) mass is 608 g/mol. The van der Waals surface area contributed by atoms with Gasteiger partial charge in [0.1, 0.15) is 5.75 Å². The van der Waals surface area contributed by atoms with E-state index in [-0.39, 0.29) is 29.3 Å². The molecule has 0 bridgehead atoms.